The van der Waals surface area contributed by atoms with E-state index in [0.29, 0.717) is 0 Å². The Balaban J connectivity index is 1.81. The van der Waals surface area contributed by atoms with Gasteiger partial charge in [0.2, 0.25) is 5.91 Å². The molecule has 1 heterocycles. The van der Waals surface area contributed by atoms with Crippen LogP contribution >= 0.6 is 0 Å². The first-order valence-electron chi connectivity index (χ1n) is 7.70. The summed E-state index contributed by atoms with van der Waals surface area (Å²) in [6, 6.07) is 9.36. The Morgan fingerprint density at radius 3 is 2.74 bits per heavy atom. The van der Waals surface area contributed by atoms with E-state index < -0.39 is 29.3 Å². The van der Waals surface area contributed by atoms with E-state index in [0.717, 1.165) is 4.90 Å². The second-order valence-electron chi connectivity index (χ2n) is 5.61. The molecule has 2 N–H and O–H groups in total. The van der Waals surface area contributed by atoms with Gasteiger partial charge in [0.1, 0.15) is 12.3 Å². The summed E-state index contributed by atoms with van der Waals surface area (Å²) in [5.41, 5.74) is 0.123. The summed E-state index contributed by atoms with van der Waals surface area (Å²) in [4.78, 5) is 46.9. The van der Waals surface area contributed by atoms with Gasteiger partial charge < -0.3 is 15.2 Å². The molecular formula is C17H13N3O7. The first-order chi connectivity index (χ1) is 12.8. The number of nitro groups is 1. The smallest absolute Gasteiger partial charge is 0.335 e. The number of amides is 2. The van der Waals surface area contributed by atoms with E-state index >= 15 is 0 Å². The number of carboxylic acids is 1. The second-order valence-corrected chi connectivity index (χ2v) is 5.61. The lowest BCUT2D eigenvalue weighted by Crippen LogP contribution is -2.43. The fourth-order valence-corrected chi connectivity index (χ4v) is 2.55. The van der Waals surface area contributed by atoms with Crippen LogP contribution in [0, 0.1) is 10.1 Å². The molecule has 2 amide bonds. The van der Waals surface area contributed by atoms with Crippen LogP contribution in [0.15, 0.2) is 42.5 Å². The number of hydrogen-bond acceptors (Lipinski definition) is 6. The van der Waals surface area contributed by atoms with Crippen LogP contribution in [-0.4, -0.2) is 41.0 Å². The predicted octanol–water partition coefficient (Wildman–Crippen LogP) is 1.66. The van der Waals surface area contributed by atoms with Gasteiger partial charge in [-0.05, 0) is 24.3 Å². The molecule has 10 nitrogen and oxygen atoms in total. The highest BCUT2D eigenvalue weighted by molar-refractivity contribution is 6.05. The van der Waals surface area contributed by atoms with Crippen molar-refractivity contribution in [3.63, 3.8) is 0 Å². The number of benzene rings is 2. The molecule has 0 aromatic heterocycles. The van der Waals surface area contributed by atoms with Gasteiger partial charge in [0, 0.05) is 17.8 Å². The highest BCUT2D eigenvalue weighted by Gasteiger charge is 2.28. The number of nitrogens with zero attached hydrogens (tertiary/aromatic N) is 2. The average molecular weight is 371 g/mol. The van der Waals surface area contributed by atoms with Gasteiger partial charge in [-0.25, -0.2) is 4.79 Å². The number of aromatic carboxylic acids is 1. The third-order valence-corrected chi connectivity index (χ3v) is 3.79. The van der Waals surface area contributed by atoms with Crippen molar-refractivity contribution >= 4 is 34.8 Å². The zero-order valence-corrected chi connectivity index (χ0v) is 13.7. The molecule has 0 bridgehead atoms. The molecular weight excluding hydrogens is 358 g/mol. The highest BCUT2D eigenvalue weighted by atomic mass is 16.6. The molecule has 0 atom stereocenters. The Bertz CT molecular complexity index is 957. The fraction of sp³-hybridized carbons (Fsp3) is 0.118. The van der Waals surface area contributed by atoms with Crippen molar-refractivity contribution in [3.8, 4) is 5.75 Å². The van der Waals surface area contributed by atoms with Gasteiger partial charge >= 0.3 is 5.97 Å². The number of carbonyl (C=O) groups excluding carboxylic acids is 2. The maximum absolute atomic E-state index is 12.3. The second kappa shape index (κ2) is 7.12. The number of nitro benzene ring substituents is 1. The number of anilines is 2. The predicted molar refractivity (Wildman–Crippen MR) is 93.0 cm³/mol. The molecule has 0 aliphatic carbocycles. The Morgan fingerprint density at radius 2 is 2.04 bits per heavy atom. The molecule has 0 fully saturated rings. The third-order valence-electron chi connectivity index (χ3n) is 3.79. The zero-order chi connectivity index (χ0) is 19.6. The molecule has 10 heteroatoms. The number of fused-ring (bicyclic) bond motifs is 1. The summed E-state index contributed by atoms with van der Waals surface area (Å²) in [5, 5.41) is 22.4. The average Bonchev–Trinajstić information content (AvgIpc) is 2.63. The molecule has 2 aromatic rings. The normalized spacial score (nSPS) is 12.7. The summed E-state index contributed by atoms with van der Waals surface area (Å²) in [5.74, 6) is -2.02. The third kappa shape index (κ3) is 3.84. The highest BCUT2D eigenvalue weighted by Crippen LogP contribution is 2.33. The van der Waals surface area contributed by atoms with Crippen LogP contribution in [0.4, 0.5) is 17.1 Å². The van der Waals surface area contributed by atoms with Gasteiger partial charge in [0.15, 0.2) is 6.61 Å². The topological polar surface area (TPSA) is 139 Å². The summed E-state index contributed by atoms with van der Waals surface area (Å²) in [6.07, 6.45) is 0. The van der Waals surface area contributed by atoms with Gasteiger partial charge in [0.25, 0.3) is 11.6 Å². The van der Waals surface area contributed by atoms with Crippen molar-refractivity contribution in [3.05, 3.63) is 58.1 Å². The van der Waals surface area contributed by atoms with E-state index in [1.54, 1.807) is 0 Å². The zero-order valence-electron chi connectivity index (χ0n) is 13.7. The van der Waals surface area contributed by atoms with Gasteiger partial charge in [-0.1, -0.05) is 6.07 Å². The molecule has 0 radical (unpaired) electrons. The minimum atomic E-state index is -1.18. The number of nitrogens with one attached hydrogen (secondary N) is 1. The molecule has 0 spiro atoms. The van der Waals surface area contributed by atoms with Crippen LogP contribution < -0.4 is 15.0 Å². The van der Waals surface area contributed by atoms with Gasteiger partial charge in [-0.3, -0.25) is 24.6 Å². The van der Waals surface area contributed by atoms with Crippen molar-refractivity contribution in [2.45, 2.75) is 0 Å². The molecule has 0 saturated heterocycles. The summed E-state index contributed by atoms with van der Waals surface area (Å²) in [7, 11) is 0. The van der Waals surface area contributed by atoms with E-state index in [4.69, 9.17) is 9.84 Å². The fourth-order valence-electron chi connectivity index (χ4n) is 2.55. The molecule has 0 unspecified atom stereocenters. The quantitative estimate of drug-likeness (QED) is 0.602. The van der Waals surface area contributed by atoms with E-state index in [9.17, 15) is 24.5 Å². The van der Waals surface area contributed by atoms with E-state index in [1.165, 1.54) is 42.5 Å². The molecule has 1 aliphatic rings. The maximum Gasteiger partial charge on any atom is 0.335 e. The monoisotopic (exact) mass is 371 g/mol. The maximum atomic E-state index is 12.3. The van der Waals surface area contributed by atoms with Crippen LogP contribution in [0.5, 0.6) is 5.75 Å². The summed E-state index contributed by atoms with van der Waals surface area (Å²) < 4.78 is 5.25. The number of ether oxygens (including phenoxy) is 1. The largest absolute Gasteiger partial charge is 0.482 e. The van der Waals surface area contributed by atoms with Crippen LogP contribution in [0.1, 0.15) is 10.4 Å². The van der Waals surface area contributed by atoms with E-state index in [-0.39, 0.29) is 35.0 Å². The lowest BCUT2D eigenvalue weighted by Gasteiger charge is -2.29. The lowest BCUT2D eigenvalue weighted by atomic mass is 10.1. The standard InChI is InChI=1S/C17H13N3O7/c21-15(18-11-2-1-3-12(7-11)20(25)26)8-19-13-6-10(17(23)24)4-5-14(13)27-9-16(19)22/h1-7H,8-9H2,(H,18,21)(H,23,24). The van der Waals surface area contributed by atoms with Crippen molar-refractivity contribution in [1.82, 2.24) is 0 Å². The lowest BCUT2D eigenvalue weighted by molar-refractivity contribution is -0.384. The van der Waals surface area contributed by atoms with Crippen molar-refractivity contribution < 1.29 is 29.2 Å². The van der Waals surface area contributed by atoms with Crippen LogP contribution in [-0.2, 0) is 9.59 Å². The van der Waals surface area contributed by atoms with Crippen molar-refractivity contribution in [2.24, 2.45) is 0 Å². The first-order valence-corrected chi connectivity index (χ1v) is 7.70. The molecule has 0 saturated carbocycles. The molecule has 138 valence electrons. The van der Waals surface area contributed by atoms with E-state index in [1.807, 2.05) is 0 Å². The summed E-state index contributed by atoms with van der Waals surface area (Å²) in [6.45, 7) is -0.690. The number of rotatable bonds is 5. The van der Waals surface area contributed by atoms with Crippen LogP contribution in [0.3, 0.4) is 0 Å². The Kier molecular flexibility index (Phi) is 4.71. The number of carboxylic acid groups (broad SMARTS) is 1. The Morgan fingerprint density at radius 1 is 1.26 bits per heavy atom. The summed E-state index contributed by atoms with van der Waals surface area (Å²) >= 11 is 0. The minimum Gasteiger partial charge on any atom is -0.482 e. The number of carbonyl (C=O) groups is 3. The van der Waals surface area contributed by atoms with Gasteiger partial charge in [-0.15, -0.1) is 0 Å². The van der Waals surface area contributed by atoms with Crippen LogP contribution in [0.25, 0.3) is 0 Å². The van der Waals surface area contributed by atoms with Crippen LogP contribution in [0.2, 0.25) is 0 Å². The van der Waals surface area contributed by atoms with Crippen molar-refractivity contribution in [2.75, 3.05) is 23.4 Å². The molecule has 3 rings (SSSR count). The van der Waals surface area contributed by atoms with E-state index in [2.05, 4.69) is 5.32 Å². The number of hydrogen-bond donors (Lipinski definition) is 2. The Labute approximate surface area is 152 Å². The van der Waals surface area contributed by atoms with Gasteiger partial charge in [-0.2, -0.15) is 0 Å². The molecule has 2 aromatic carbocycles. The molecule has 1 aliphatic heterocycles. The SMILES string of the molecule is O=C(CN1C(=O)COc2ccc(C(=O)O)cc21)Nc1cccc([N+](=O)[O-])c1. The Hall–Kier alpha value is -3.95. The minimum absolute atomic E-state index is 0.0591. The van der Waals surface area contributed by atoms with Crippen molar-refractivity contribution in [1.29, 1.82) is 0 Å². The van der Waals surface area contributed by atoms with Gasteiger partial charge in [0.05, 0.1) is 16.2 Å². The first kappa shape index (κ1) is 17.9. The molecule has 27 heavy (non-hydrogen) atoms. The number of non-ortho nitro benzene ring substituents is 1.